The molecular formula is C21H36O2Si2. The molecule has 0 N–H and O–H groups in total. The average Bonchev–Trinajstić information content (AvgIpc) is 2.47. The van der Waals surface area contributed by atoms with Crippen LogP contribution in [0.3, 0.4) is 0 Å². The summed E-state index contributed by atoms with van der Waals surface area (Å²) in [6, 6.07) is 5.06. The normalized spacial score (nSPS) is 12.2. The van der Waals surface area contributed by atoms with E-state index in [0.717, 1.165) is 36.3 Å². The summed E-state index contributed by atoms with van der Waals surface area (Å²) in [5.74, 6) is -0.692. The van der Waals surface area contributed by atoms with Gasteiger partial charge in [0.05, 0.1) is 0 Å². The van der Waals surface area contributed by atoms with Gasteiger partial charge in [0, 0.05) is 0 Å². The fourth-order valence-electron chi connectivity index (χ4n) is 3.39. The van der Waals surface area contributed by atoms with E-state index in [-0.39, 0.29) is 0 Å². The van der Waals surface area contributed by atoms with Crippen molar-refractivity contribution in [2.75, 3.05) is 0 Å². The Kier molecular flexibility index (Phi) is 10.9. The highest BCUT2D eigenvalue weighted by Gasteiger charge is 2.43. The van der Waals surface area contributed by atoms with Crippen molar-refractivity contribution < 1.29 is 8.85 Å². The molecule has 25 heavy (non-hydrogen) atoms. The Morgan fingerprint density at radius 2 is 0.760 bits per heavy atom. The standard InChI is InChI=1S/C21H36O2Si2/c1-9-15-24(16-10-2,17-11-3)22-21(7,8)23-25(18-12-4,19-13-5)20-14-6/h9-14H,1-6,15-20H2,7-8H3. The third kappa shape index (κ3) is 8.14. The van der Waals surface area contributed by atoms with Gasteiger partial charge in [-0.2, -0.15) is 0 Å². The van der Waals surface area contributed by atoms with Gasteiger partial charge in [0.2, 0.25) is 16.6 Å². The van der Waals surface area contributed by atoms with E-state index in [9.17, 15) is 0 Å². The molecule has 0 radical (unpaired) electrons. The summed E-state index contributed by atoms with van der Waals surface area (Å²) < 4.78 is 13.4. The molecule has 0 aromatic rings. The van der Waals surface area contributed by atoms with Crippen LogP contribution in [0.15, 0.2) is 75.9 Å². The molecule has 0 heterocycles. The number of rotatable bonds is 16. The third-order valence-corrected chi connectivity index (χ3v) is 12.1. The monoisotopic (exact) mass is 376 g/mol. The minimum Gasteiger partial charge on any atom is -0.390 e. The lowest BCUT2D eigenvalue weighted by Gasteiger charge is -2.43. The fourth-order valence-corrected chi connectivity index (χ4v) is 10.3. The lowest BCUT2D eigenvalue weighted by atomic mass is 10.4. The summed E-state index contributed by atoms with van der Waals surface area (Å²) >= 11 is 0. The highest BCUT2D eigenvalue weighted by molar-refractivity contribution is 6.76. The third-order valence-electron chi connectivity index (χ3n) is 4.02. The predicted octanol–water partition coefficient (Wildman–Crippen LogP) is 6.76. The molecule has 140 valence electrons. The molecule has 0 amide bonds. The second kappa shape index (κ2) is 11.4. The first-order valence-corrected chi connectivity index (χ1v) is 13.9. The van der Waals surface area contributed by atoms with Crippen molar-refractivity contribution in [1.29, 1.82) is 0 Å². The lowest BCUT2D eigenvalue weighted by Crippen LogP contribution is -2.52. The van der Waals surface area contributed by atoms with E-state index in [2.05, 4.69) is 39.5 Å². The fraction of sp³-hybridized carbons (Fsp3) is 0.429. The van der Waals surface area contributed by atoms with Crippen LogP contribution in [-0.2, 0) is 8.85 Å². The van der Waals surface area contributed by atoms with E-state index in [1.165, 1.54) is 0 Å². The van der Waals surface area contributed by atoms with Gasteiger partial charge in [-0.15, -0.1) is 39.5 Å². The van der Waals surface area contributed by atoms with Gasteiger partial charge >= 0.3 is 0 Å². The minimum atomic E-state index is -2.13. The number of hydrogen-bond donors (Lipinski definition) is 0. The molecule has 2 nitrogen and oxygen atoms in total. The van der Waals surface area contributed by atoms with Crippen molar-refractivity contribution in [1.82, 2.24) is 0 Å². The minimum absolute atomic E-state index is 0.692. The number of hydrogen-bond acceptors (Lipinski definition) is 2. The first-order valence-electron chi connectivity index (χ1n) is 8.84. The molecule has 0 atom stereocenters. The molecule has 0 aliphatic heterocycles. The van der Waals surface area contributed by atoms with Crippen LogP contribution < -0.4 is 0 Å². The molecule has 0 fully saturated rings. The van der Waals surface area contributed by atoms with Gasteiger partial charge in [-0.3, -0.25) is 0 Å². The van der Waals surface area contributed by atoms with Gasteiger partial charge in [-0.05, 0) is 50.1 Å². The number of allylic oxidation sites excluding steroid dienone is 6. The maximum absolute atomic E-state index is 6.68. The second-order valence-corrected chi connectivity index (χ2v) is 14.5. The molecule has 0 unspecified atom stereocenters. The topological polar surface area (TPSA) is 18.5 Å². The van der Waals surface area contributed by atoms with Gasteiger partial charge in [-0.25, -0.2) is 0 Å². The zero-order valence-corrected chi connectivity index (χ0v) is 18.3. The maximum Gasteiger partial charge on any atom is 0.207 e. The molecule has 0 spiro atoms. The average molecular weight is 377 g/mol. The second-order valence-electron chi connectivity index (χ2n) is 6.93. The van der Waals surface area contributed by atoms with Crippen LogP contribution >= 0.6 is 0 Å². The van der Waals surface area contributed by atoms with Crippen molar-refractivity contribution in [3.8, 4) is 0 Å². The molecular weight excluding hydrogens is 340 g/mol. The van der Waals surface area contributed by atoms with Crippen LogP contribution in [0.5, 0.6) is 0 Å². The van der Waals surface area contributed by atoms with Gasteiger partial charge in [0.25, 0.3) is 0 Å². The Morgan fingerprint density at radius 1 is 0.560 bits per heavy atom. The Morgan fingerprint density at radius 3 is 0.920 bits per heavy atom. The van der Waals surface area contributed by atoms with Gasteiger partial charge < -0.3 is 8.85 Å². The van der Waals surface area contributed by atoms with Crippen molar-refractivity contribution in [2.45, 2.75) is 55.9 Å². The van der Waals surface area contributed by atoms with Crippen LogP contribution in [0.2, 0.25) is 36.3 Å². The Hall–Kier alpha value is -1.21. The molecule has 0 aliphatic rings. The maximum atomic E-state index is 6.68. The van der Waals surface area contributed by atoms with Crippen LogP contribution in [0, 0.1) is 0 Å². The van der Waals surface area contributed by atoms with Crippen LogP contribution in [-0.4, -0.2) is 22.4 Å². The van der Waals surface area contributed by atoms with Crippen LogP contribution in [0.4, 0.5) is 0 Å². The summed E-state index contributed by atoms with van der Waals surface area (Å²) in [6.45, 7) is 27.5. The lowest BCUT2D eigenvalue weighted by molar-refractivity contribution is -0.0978. The van der Waals surface area contributed by atoms with Crippen molar-refractivity contribution >= 4 is 16.6 Å². The van der Waals surface area contributed by atoms with E-state index in [1.54, 1.807) is 0 Å². The molecule has 0 aromatic carbocycles. The van der Waals surface area contributed by atoms with Crippen molar-refractivity contribution in [2.24, 2.45) is 0 Å². The van der Waals surface area contributed by atoms with Gasteiger partial charge in [-0.1, -0.05) is 36.5 Å². The summed E-state index contributed by atoms with van der Waals surface area (Å²) in [6.07, 6.45) is 11.7. The smallest absolute Gasteiger partial charge is 0.207 e. The van der Waals surface area contributed by atoms with Crippen LogP contribution in [0.25, 0.3) is 0 Å². The molecule has 0 aliphatic carbocycles. The molecule has 0 saturated carbocycles. The summed E-state index contributed by atoms with van der Waals surface area (Å²) in [4.78, 5) is 0. The molecule has 0 aromatic heterocycles. The van der Waals surface area contributed by atoms with Crippen molar-refractivity contribution in [3.63, 3.8) is 0 Å². The highest BCUT2D eigenvalue weighted by Crippen LogP contribution is 2.35. The van der Waals surface area contributed by atoms with Gasteiger partial charge in [0.1, 0.15) is 5.79 Å². The molecule has 4 heteroatoms. The summed E-state index contributed by atoms with van der Waals surface area (Å²) in [7, 11) is -4.27. The van der Waals surface area contributed by atoms with Gasteiger partial charge in [0.15, 0.2) is 0 Å². The SMILES string of the molecule is C=CC[Si](CC=C)(CC=C)OC(C)(C)O[Si](CC=C)(CC=C)CC=C. The van der Waals surface area contributed by atoms with Crippen LogP contribution in [0.1, 0.15) is 13.8 Å². The Balaban J connectivity index is 5.64. The predicted molar refractivity (Wildman–Crippen MR) is 118 cm³/mol. The molecule has 0 saturated heterocycles. The van der Waals surface area contributed by atoms with Crippen molar-refractivity contribution in [3.05, 3.63) is 75.9 Å². The summed E-state index contributed by atoms with van der Waals surface area (Å²) in [5, 5.41) is 0. The Bertz CT molecular complexity index is 385. The zero-order valence-electron chi connectivity index (χ0n) is 16.3. The Labute approximate surface area is 157 Å². The summed E-state index contributed by atoms with van der Waals surface area (Å²) in [5.41, 5.74) is 0. The van der Waals surface area contributed by atoms with E-state index in [0.29, 0.717) is 0 Å². The van der Waals surface area contributed by atoms with E-state index >= 15 is 0 Å². The largest absolute Gasteiger partial charge is 0.390 e. The zero-order chi connectivity index (χ0) is 19.4. The molecule has 0 bridgehead atoms. The first kappa shape index (κ1) is 23.8. The van der Waals surface area contributed by atoms with E-state index in [4.69, 9.17) is 8.85 Å². The quantitative estimate of drug-likeness (QED) is 0.168. The highest BCUT2D eigenvalue weighted by atomic mass is 28.4. The van der Waals surface area contributed by atoms with E-state index < -0.39 is 22.4 Å². The first-order chi connectivity index (χ1) is 11.8. The molecule has 0 rings (SSSR count). The van der Waals surface area contributed by atoms with E-state index in [1.807, 2.05) is 50.3 Å².